The molecule has 0 aliphatic carbocycles. The Morgan fingerprint density at radius 1 is 1.23 bits per heavy atom. The maximum atomic E-state index is 12.8. The smallest absolute Gasteiger partial charge is 0.238 e. The molecule has 0 aliphatic rings. The molecule has 7 nitrogen and oxygen atoms in total. The third kappa shape index (κ3) is 5.07. The number of thiophene rings is 1. The van der Waals surface area contributed by atoms with Crippen molar-refractivity contribution < 1.29 is 13.7 Å². The Morgan fingerprint density at radius 2 is 2.04 bits per heavy atom. The number of amides is 1. The molecule has 0 saturated heterocycles. The molecule has 0 saturated carbocycles. The summed E-state index contributed by atoms with van der Waals surface area (Å²) in [6.07, 6.45) is 0.461. The number of benzene rings is 1. The molecule has 3 rings (SSSR count). The zero-order valence-electron chi connectivity index (χ0n) is 13.4. The van der Waals surface area contributed by atoms with Gasteiger partial charge in [-0.1, -0.05) is 11.2 Å². The molecule has 1 amide bonds. The van der Waals surface area contributed by atoms with Crippen LogP contribution in [0, 0.1) is 5.82 Å². The lowest BCUT2D eigenvalue weighted by atomic mass is 10.3. The number of anilines is 1. The van der Waals surface area contributed by atoms with E-state index in [1.54, 1.807) is 0 Å². The molecule has 0 atom stereocenters. The summed E-state index contributed by atoms with van der Waals surface area (Å²) >= 11 is 6.55. The van der Waals surface area contributed by atoms with Crippen molar-refractivity contribution in [3.8, 4) is 10.7 Å². The number of aryl methyl sites for hydroxylation is 1. The second-order valence-electron chi connectivity index (χ2n) is 5.12. The van der Waals surface area contributed by atoms with Crippen molar-refractivity contribution in [1.29, 1.82) is 0 Å². The number of nitrogens with one attached hydrogen (secondary N) is 3. The van der Waals surface area contributed by atoms with Gasteiger partial charge in [-0.2, -0.15) is 4.98 Å². The number of rotatable bonds is 5. The van der Waals surface area contributed by atoms with Crippen LogP contribution in [0.15, 0.2) is 46.3 Å². The zero-order chi connectivity index (χ0) is 18.4. The van der Waals surface area contributed by atoms with Gasteiger partial charge in [0.05, 0.1) is 4.88 Å². The summed E-state index contributed by atoms with van der Waals surface area (Å²) in [6.45, 7) is 0. The summed E-state index contributed by atoms with van der Waals surface area (Å²) in [7, 11) is 0. The lowest BCUT2D eigenvalue weighted by molar-refractivity contribution is -0.121. The number of hydrogen-bond acceptors (Lipinski definition) is 6. The second-order valence-corrected chi connectivity index (χ2v) is 6.48. The van der Waals surface area contributed by atoms with Crippen LogP contribution >= 0.6 is 23.6 Å². The Kier molecular flexibility index (Phi) is 5.87. The molecular weight excluding hydrogens is 377 g/mol. The standard InChI is InChI=1S/C16H14FN5O2S2/c17-10-3-5-11(6-4-10)18-16(25)21-20-13(23)7-8-14-19-15(22-24-14)12-2-1-9-26-12/h1-6,9H,7-8H2,(H,20,23)(H2,18,21,25). The first-order valence-electron chi connectivity index (χ1n) is 7.58. The number of hydrogen-bond donors (Lipinski definition) is 3. The van der Waals surface area contributed by atoms with Gasteiger partial charge in [0.2, 0.25) is 17.6 Å². The third-order valence-corrected chi connectivity index (χ3v) is 4.26. The average Bonchev–Trinajstić information content (AvgIpc) is 3.31. The molecule has 134 valence electrons. The molecule has 0 spiro atoms. The minimum absolute atomic E-state index is 0.151. The van der Waals surface area contributed by atoms with Crippen molar-refractivity contribution in [3.63, 3.8) is 0 Å². The van der Waals surface area contributed by atoms with E-state index in [2.05, 4.69) is 26.3 Å². The molecule has 0 fully saturated rings. The van der Waals surface area contributed by atoms with Crippen LogP contribution in [0.3, 0.4) is 0 Å². The number of nitrogens with zero attached hydrogens (tertiary/aromatic N) is 2. The molecule has 10 heteroatoms. The summed E-state index contributed by atoms with van der Waals surface area (Å²) in [5.41, 5.74) is 5.64. The van der Waals surface area contributed by atoms with Crippen LogP contribution in [0.2, 0.25) is 0 Å². The van der Waals surface area contributed by atoms with Crippen molar-refractivity contribution in [2.45, 2.75) is 12.8 Å². The number of hydrazine groups is 1. The number of thiocarbonyl (C=S) groups is 1. The van der Waals surface area contributed by atoms with E-state index in [9.17, 15) is 9.18 Å². The van der Waals surface area contributed by atoms with Crippen LogP contribution in [0.25, 0.3) is 10.7 Å². The molecule has 2 aromatic heterocycles. The van der Waals surface area contributed by atoms with E-state index in [1.807, 2.05) is 17.5 Å². The van der Waals surface area contributed by atoms with E-state index in [0.717, 1.165) is 4.88 Å². The normalized spacial score (nSPS) is 10.3. The minimum Gasteiger partial charge on any atom is -0.339 e. The molecule has 26 heavy (non-hydrogen) atoms. The van der Waals surface area contributed by atoms with Gasteiger partial charge in [-0.05, 0) is 47.9 Å². The molecule has 0 aliphatic heterocycles. The Bertz CT molecular complexity index is 880. The Hall–Kier alpha value is -2.85. The fraction of sp³-hybridized carbons (Fsp3) is 0.125. The van der Waals surface area contributed by atoms with Gasteiger partial charge in [-0.15, -0.1) is 11.3 Å². The Morgan fingerprint density at radius 3 is 2.77 bits per heavy atom. The molecular formula is C16H14FN5O2S2. The summed E-state index contributed by atoms with van der Waals surface area (Å²) in [4.78, 5) is 17.0. The van der Waals surface area contributed by atoms with Gasteiger partial charge >= 0.3 is 0 Å². The van der Waals surface area contributed by atoms with Crippen molar-refractivity contribution in [2.75, 3.05) is 5.32 Å². The highest BCUT2D eigenvalue weighted by molar-refractivity contribution is 7.80. The molecule has 3 N–H and O–H groups in total. The Labute approximate surface area is 157 Å². The predicted molar refractivity (Wildman–Crippen MR) is 99.8 cm³/mol. The van der Waals surface area contributed by atoms with E-state index in [1.165, 1.54) is 35.6 Å². The number of carbonyl (C=O) groups excluding carboxylic acids is 1. The lowest BCUT2D eigenvalue weighted by Crippen LogP contribution is -2.43. The minimum atomic E-state index is -0.342. The first-order valence-corrected chi connectivity index (χ1v) is 8.87. The van der Waals surface area contributed by atoms with Gasteiger partial charge in [-0.25, -0.2) is 4.39 Å². The molecule has 2 heterocycles. The van der Waals surface area contributed by atoms with Crippen LogP contribution in [0.5, 0.6) is 0 Å². The quantitative estimate of drug-likeness (QED) is 0.455. The average molecular weight is 391 g/mol. The van der Waals surface area contributed by atoms with E-state index in [4.69, 9.17) is 16.7 Å². The van der Waals surface area contributed by atoms with Gasteiger partial charge < -0.3 is 9.84 Å². The molecule has 1 aromatic carbocycles. The molecule has 0 bridgehead atoms. The SMILES string of the molecule is O=C(CCc1nc(-c2cccs2)no1)NNC(=S)Nc1ccc(F)cc1. The topological polar surface area (TPSA) is 92.1 Å². The second kappa shape index (κ2) is 8.50. The largest absolute Gasteiger partial charge is 0.339 e. The van der Waals surface area contributed by atoms with Crippen LogP contribution in [-0.2, 0) is 11.2 Å². The number of carbonyl (C=O) groups is 1. The Balaban J connectivity index is 1.40. The predicted octanol–water partition coefficient (Wildman–Crippen LogP) is 2.89. The van der Waals surface area contributed by atoms with Crippen molar-refractivity contribution >= 4 is 40.3 Å². The summed E-state index contributed by atoms with van der Waals surface area (Å²) in [5, 5.41) is 8.81. The van der Waals surface area contributed by atoms with E-state index in [-0.39, 0.29) is 23.3 Å². The monoisotopic (exact) mass is 391 g/mol. The van der Waals surface area contributed by atoms with E-state index in [0.29, 0.717) is 23.8 Å². The van der Waals surface area contributed by atoms with Gasteiger partial charge in [0, 0.05) is 18.5 Å². The lowest BCUT2D eigenvalue weighted by Gasteiger charge is -2.11. The highest BCUT2D eigenvalue weighted by Gasteiger charge is 2.11. The summed E-state index contributed by atoms with van der Waals surface area (Å²) in [6, 6.07) is 9.47. The molecule has 3 aromatic rings. The number of halogens is 1. The zero-order valence-corrected chi connectivity index (χ0v) is 15.0. The van der Waals surface area contributed by atoms with Crippen LogP contribution in [-0.4, -0.2) is 21.2 Å². The van der Waals surface area contributed by atoms with Gasteiger partial charge in [0.25, 0.3) is 0 Å². The van der Waals surface area contributed by atoms with Crippen LogP contribution in [0.4, 0.5) is 10.1 Å². The number of aromatic nitrogens is 2. The van der Waals surface area contributed by atoms with Crippen LogP contribution < -0.4 is 16.2 Å². The third-order valence-electron chi connectivity index (χ3n) is 3.19. The maximum absolute atomic E-state index is 12.8. The first kappa shape index (κ1) is 18.0. The fourth-order valence-corrected chi connectivity index (χ4v) is 2.79. The summed E-state index contributed by atoms with van der Waals surface area (Å²) in [5.74, 6) is 0.267. The fourth-order valence-electron chi connectivity index (χ4n) is 1.97. The van der Waals surface area contributed by atoms with Crippen molar-refractivity contribution in [3.05, 3.63) is 53.5 Å². The van der Waals surface area contributed by atoms with Crippen LogP contribution in [0.1, 0.15) is 12.3 Å². The van der Waals surface area contributed by atoms with Gasteiger partial charge in [0.1, 0.15) is 5.82 Å². The summed E-state index contributed by atoms with van der Waals surface area (Å²) < 4.78 is 18.0. The van der Waals surface area contributed by atoms with Crippen molar-refractivity contribution in [2.24, 2.45) is 0 Å². The maximum Gasteiger partial charge on any atom is 0.238 e. The van der Waals surface area contributed by atoms with E-state index >= 15 is 0 Å². The highest BCUT2D eigenvalue weighted by atomic mass is 32.1. The molecule has 0 unspecified atom stereocenters. The first-order chi connectivity index (χ1) is 12.6. The van der Waals surface area contributed by atoms with Gasteiger partial charge in [0.15, 0.2) is 5.11 Å². The van der Waals surface area contributed by atoms with Crippen molar-refractivity contribution in [1.82, 2.24) is 21.0 Å². The molecule has 0 radical (unpaired) electrons. The van der Waals surface area contributed by atoms with E-state index < -0.39 is 0 Å². The van der Waals surface area contributed by atoms with Gasteiger partial charge in [-0.3, -0.25) is 15.6 Å². The highest BCUT2D eigenvalue weighted by Crippen LogP contribution is 2.21.